The molecule has 0 radical (unpaired) electrons. The van der Waals surface area contributed by atoms with Gasteiger partial charge in [0.05, 0.1) is 19.1 Å². The first-order chi connectivity index (χ1) is 18.9. The average molecular weight is 530 g/mol. The van der Waals surface area contributed by atoms with Crippen LogP contribution in [0.15, 0.2) is 89.9 Å². The molecule has 0 aliphatic carbocycles. The lowest BCUT2D eigenvalue weighted by molar-refractivity contribution is -0.129. The third-order valence-corrected chi connectivity index (χ3v) is 6.43. The zero-order valence-electron chi connectivity index (χ0n) is 22.9. The molecule has 0 saturated heterocycles. The number of hydrogen-bond acceptors (Lipinski definition) is 4. The maximum Gasteiger partial charge on any atom is 0.243 e. The molecule has 8 heteroatoms. The topological polar surface area (TPSA) is 118 Å². The van der Waals surface area contributed by atoms with Crippen LogP contribution < -0.4 is 26.4 Å². The fourth-order valence-corrected chi connectivity index (χ4v) is 4.33. The maximum atomic E-state index is 13.7. The second-order valence-electron chi connectivity index (χ2n) is 9.26. The quantitative estimate of drug-likeness (QED) is 0.152. The molecule has 0 aromatic heterocycles. The van der Waals surface area contributed by atoms with Gasteiger partial charge in [-0.1, -0.05) is 72.8 Å². The third kappa shape index (κ3) is 8.88. The molecule has 0 saturated carbocycles. The molecule has 3 rings (SSSR count). The SMILES string of the molecule is CCNC(N)=NCCC[C@@H](NC(=O)C(c1ccccc1)c1ccccc1)C(=O)N[C@H](C)c1ccc(OC)cc1. The van der Waals surface area contributed by atoms with Crippen LogP contribution in [0.5, 0.6) is 5.75 Å². The summed E-state index contributed by atoms with van der Waals surface area (Å²) in [6.45, 7) is 4.97. The van der Waals surface area contributed by atoms with Crippen LogP contribution in [0.3, 0.4) is 0 Å². The molecule has 5 N–H and O–H groups in total. The van der Waals surface area contributed by atoms with Crippen molar-refractivity contribution in [2.24, 2.45) is 10.7 Å². The summed E-state index contributed by atoms with van der Waals surface area (Å²) in [7, 11) is 1.61. The maximum absolute atomic E-state index is 13.7. The lowest BCUT2D eigenvalue weighted by Crippen LogP contribution is -2.48. The molecule has 2 amide bonds. The molecule has 3 aromatic rings. The first-order valence-electron chi connectivity index (χ1n) is 13.3. The number of nitrogens with two attached hydrogens (primary N) is 1. The van der Waals surface area contributed by atoms with E-state index in [1.165, 1.54) is 0 Å². The third-order valence-electron chi connectivity index (χ3n) is 6.43. The van der Waals surface area contributed by atoms with E-state index in [-0.39, 0.29) is 17.9 Å². The number of carbonyl (C=O) groups excluding carboxylic acids is 2. The first kappa shape index (κ1) is 29.2. The number of nitrogens with one attached hydrogen (secondary N) is 3. The van der Waals surface area contributed by atoms with Crippen molar-refractivity contribution in [2.45, 2.75) is 44.7 Å². The van der Waals surface area contributed by atoms with Crippen LogP contribution in [0.4, 0.5) is 0 Å². The summed E-state index contributed by atoms with van der Waals surface area (Å²) >= 11 is 0. The lowest BCUT2D eigenvalue weighted by Gasteiger charge is -2.25. The van der Waals surface area contributed by atoms with Crippen LogP contribution in [0, 0.1) is 0 Å². The van der Waals surface area contributed by atoms with Crippen molar-refractivity contribution in [2.75, 3.05) is 20.2 Å². The van der Waals surface area contributed by atoms with Crippen LogP contribution in [0.2, 0.25) is 0 Å². The minimum atomic E-state index is -0.747. The molecule has 39 heavy (non-hydrogen) atoms. The molecule has 0 spiro atoms. The monoisotopic (exact) mass is 529 g/mol. The number of ether oxygens (including phenoxy) is 1. The van der Waals surface area contributed by atoms with Gasteiger partial charge in [-0.3, -0.25) is 14.6 Å². The minimum absolute atomic E-state index is 0.236. The summed E-state index contributed by atoms with van der Waals surface area (Å²) in [6.07, 6.45) is 0.981. The second kappa shape index (κ2) is 15.2. The van der Waals surface area contributed by atoms with Crippen molar-refractivity contribution in [3.05, 3.63) is 102 Å². The van der Waals surface area contributed by atoms with E-state index >= 15 is 0 Å². The Labute approximate surface area is 231 Å². The van der Waals surface area contributed by atoms with Gasteiger partial charge in [0, 0.05) is 13.1 Å². The summed E-state index contributed by atoms with van der Waals surface area (Å²) in [5, 5.41) is 9.06. The lowest BCUT2D eigenvalue weighted by atomic mass is 9.90. The van der Waals surface area contributed by atoms with E-state index in [1.54, 1.807) is 7.11 Å². The summed E-state index contributed by atoms with van der Waals surface area (Å²) in [6, 6.07) is 25.7. The Morgan fingerprint density at radius 3 is 1.97 bits per heavy atom. The highest BCUT2D eigenvalue weighted by Gasteiger charge is 2.28. The van der Waals surface area contributed by atoms with Crippen molar-refractivity contribution < 1.29 is 14.3 Å². The van der Waals surface area contributed by atoms with E-state index in [9.17, 15) is 9.59 Å². The van der Waals surface area contributed by atoms with E-state index in [0.717, 1.165) is 22.4 Å². The molecule has 0 bridgehead atoms. The summed E-state index contributed by atoms with van der Waals surface area (Å²) in [5.74, 6) is 0.0659. The number of aliphatic imine (C=N–C) groups is 1. The number of hydrogen-bond donors (Lipinski definition) is 4. The predicted molar refractivity (Wildman–Crippen MR) is 156 cm³/mol. The van der Waals surface area contributed by atoms with Crippen molar-refractivity contribution >= 4 is 17.8 Å². The largest absolute Gasteiger partial charge is 0.497 e. The Morgan fingerprint density at radius 1 is 0.846 bits per heavy atom. The van der Waals surface area contributed by atoms with Gasteiger partial charge in [-0.2, -0.15) is 0 Å². The van der Waals surface area contributed by atoms with Gasteiger partial charge < -0.3 is 26.4 Å². The standard InChI is InChI=1S/C31H39N5O3/c1-4-33-31(32)34-21-11-16-27(29(37)35-22(2)23-17-19-26(39-3)20-18-23)36-30(38)28(24-12-7-5-8-13-24)25-14-9-6-10-15-25/h5-10,12-15,17-20,22,27-28H,4,11,16,21H2,1-3H3,(H,35,37)(H,36,38)(H3,32,33,34)/t22-,27-/m1/s1. The Balaban J connectivity index is 1.79. The number of methoxy groups -OCH3 is 1. The summed E-state index contributed by atoms with van der Waals surface area (Å²) < 4.78 is 5.24. The molecule has 0 heterocycles. The van der Waals surface area contributed by atoms with E-state index < -0.39 is 12.0 Å². The molecule has 0 fully saturated rings. The van der Waals surface area contributed by atoms with Gasteiger partial charge in [0.25, 0.3) is 0 Å². The fraction of sp³-hybridized carbons (Fsp3) is 0.323. The van der Waals surface area contributed by atoms with Gasteiger partial charge in [0.1, 0.15) is 11.8 Å². The smallest absolute Gasteiger partial charge is 0.243 e. The molecule has 8 nitrogen and oxygen atoms in total. The van der Waals surface area contributed by atoms with Gasteiger partial charge in [-0.05, 0) is 55.5 Å². The average Bonchev–Trinajstić information content (AvgIpc) is 2.96. The Morgan fingerprint density at radius 2 is 1.44 bits per heavy atom. The van der Waals surface area contributed by atoms with Gasteiger partial charge >= 0.3 is 0 Å². The Kier molecular flexibility index (Phi) is 11.4. The second-order valence-corrected chi connectivity index (χ2v) is 9.26. The highest BCUT2D eigenvalue weighted by atomic mass is 16.5. The van der Waals surface area contributed by atoms with Crippen molar-refractivity contribution in [3.63, 3.8) is 0 Å². The van der Waals surface area contributed by atoms with Gasteiger partial charge in [-0.25, -0.2) is 0 Å². The Bertz CT molecular complexity index is 1160. The number of nitrogens with zero attached hydrogens (tertiary/aromatic N) is 1. The number of benzene rings is 3. The van der Waals surface area contributed by atoms with Crippen molar-refractivity contribution in [1.82, 2.24) is 16.0 Å². The number of guanidine groups is 1. The molecule has 2 atom stereocenters. The van der Waals surface area contributed by atoms with Crippen LogP contribution in [0.25, 0.3) is 0 Å². The van der Waals surface area contributed by atoms with E-state index in [0.29, 0.717) is 31.9 Å². The van der Waals surface area contributed by atoms with E-state index in [1.807, 2.05) is 98.8 Å². The molecule has 206 valence electrons. The summed E-state index contributed by atoms with van der Waals surface area (Å²) in [4.78, 5) is 31.5. The van der Waals surface area contributed by atoms with Crippen molar-refractivity contribution in [3.8, 4) is 5.75 Å². The van der Waals surface area contributed by atoms with Gasteiger partial charge in [0.15, 0.2) is 5.96 Å². The summed E-state index contributed by atoms with van der Waals surface area (Å²) in [5.41, 5.74) is 8.49. The number of rotatable bonds is 13. The minimum Gasteiger partial charge on any atom is -0.497 e. The van der Waals surface area contributed by atoms with Crippen LogP contribution in [0.1, 0.15) is 55.3 Å². The van der Waals surface area contributed by atoms with Crippen LogP contribution in [-0.4, -0.2) is 44.0 Å². The molecule has 3 aromatic carbocycles. The Hall–Kier alpha value is -4.33. The molecular weight excluding hydrogens is 490 g/mol. The van der Waals surface area contributed by atoms with Gasteiger partial charge in [0.2, 0.25) is 11.8 Å². The zero-order chi connectivity index (χ0) is 28.0. The fourth-order valence-electron chi connectivity index (χ4n) is 4.33. The zero-order valence-corrected chi connectivity index (χ0v) is 22.9. The molecule has 0 unspecified atom stereocenters. The first-order valence-corrected chi connectivity index (χ1v) is 13.3. The van der Waals surface area contributed by atoms with Crippen LogP contribution in [-0.2, 0) is 9.59 Å². The number of amides is 2. The van der Waals surface area contributed by atoms with Crippen molar-refractivity contribution in [1.29, 1.82) is 0 Å². The molecule has 0 aliphatic rings. The molecular formula is C31H39N5O3. The van der Waals surface area contributed by atoms with Crippen LogP contribution >= 0.6 is 0 Å². The predicted octanol–water partition coefficient (Wildman–Crippen LogP) is 3.89. The normalized spacial score (nSPS) is 12.9. The van der Waals surface area contributed by atoms with E-state index in [2.05, 4.69) is 20.9 Å². The highest BCUT2D eigenvalue weighted by Crippen LogP contribution is 2.25. The highest BCUT2D eigenvalue weighted by molar-refractivity contribution is 5.92. The van der Waals surface area contributed by atoms with Gasteiger partial charge in [-0.15, -0.1) is 0 Å². The molecule has 0 aliphatic heterocycles. The number of carbonyl (C=O) groups is 2. The van der Waals surface area contributed by atoms with E-state index in [4.69, 9.17) is 10.5 Å².